The van der Waals surface area contributed by atoms with Crippen LogP contribution in [-0.4, -0.2) is 78.6 Å². The lowest BCUT2D eigenvalue weighted by Crippen LogP contribution is -2.40. The van der Waals surface area contributed by atoms with Crippen molar-refractivity contribution in [3.63, 3.8) is 0 Å². The van der Waals surface area contributed by atoms with Crippen molar-refractivity contribution in [1.82, 2.24) is 9.80 Å². The molecule has 6 nitrogen and oxygen atoms in total. The van der Waals surface area contributed by atoms with Gasteiger partial charge >= 0.3 is 0 Å². The third-order valence-electron chi connectivity index (χ3n) is 7.24. The Bertz CT molecular complexity index is 1120. The number of hydrogen-bond donors (Lipinski definition) is 2. The van der Waals surface area contributed by atoms with E-state index in [9.17, 15) is 10.2 Å². The fraction of sp³-hybridized carbons (Fsp3) is 0.419. The molecule has 0 bridgehead atoms. The zero-order valence-corrected chi connectivity index (χ0v) is 22.9. The van der Waals surface area contributed by atoms with Gasteiger partial charge in [0.15, 0.2) is 0 Å². The van der Waals surface area contributed by atoms with Gasteiger partial charge in [-0.05, 0) is 67.9 Å². The number of benzene rings is 3. The van der Waals surface area contributed by atoms with Crippen molar-refractivity contribution in [2.45, 2.75) is 41.7 Å². The van der Waals surface area contributed by atoms with Gasteiger partial charge in [-0.1, -0.05) is 54.6 Å². The fourth-order valence-corrected chi connectivity index (χ4v) is 6.48. The average molecular weight is 534 g/mol. The van der Waals surface area contributed by atoms with E-state index >= 15 is 0 Å². The van der Waals surface area contributed by atoms with Crippen LogP contribution in [0.2, 0.25) is 0 Å². The highest BCUT2D eigenvalue weighted by Gasteiger charge is 2.25. The standard InChI is InChI=1S/C31H39N3O3S/c35-19-17-33(22-25-9-8-10-27(21-25)37-20-18-32-15-6-1-7-16-32)23-26(36)24-34-28-11-2-4-13-30(28)38-31-14-5-3-12-29(31)34/h2-5,8-14,21,26,35-36H,1,6-7,15-20,22-24H2/t26-/m1/s1. The minimum absolute atomic E-state index is 0.0464. The van der Waals surface area contributed by atoms with Gasteiger partial charge in [-0.15, -0.1) is 0 Å². The second kappa shape index (κ2) is 13.5. The van der Waals surface area contributed by atoms with Gasteiger partial charge in [0.2, 0.25) is 0 Å². The summed E-state index contributed by atoms with van der Waals surface area (Å²) < 4.78 is 6.07. The van der Waals surface area contributed by atoms with Crippen molar-refractivity contribution >= 4 is 23.1 Å². The molecule has 2 aliphatic rings. The normalized spacial score (nSPS) is 16.2. The summed E-state index contributed by atoms with van der Waals surface area (Å²) in [6.07, 6.45) is 3.33. The summed E-state index contributed by atoms with van der Waals surface area (Å²) in [7, 11) is 0. The Morgan fingerprint density at radius 2 is 1.61 bits per heavy atom. The van der Waals surface area contributed by atoms with Crippen LogP contribution < -0.4 is 9.64 Å². The van der Waals surface area contributed by atoms with E-state index in [1.54, 1.807) is 11.8 Å². The van der Waals surface area contributed by atoms with E-state index in [4.69, 9.17) is 4.74 Å². The Morgan fingerprint density at radius 3 is 2.32 bits per heavy atom. The molecule has 0 aliphatic carbocycles. The Labute approximate surface area is 230 Å². The van der Waals surface area contributed by atoms with Crippen LogP contribution in [0.1, 0.15) is 24.8 Å². The fourth-order valence-electron chi connectivity index (χ4n) is 5.39. The first-order valence-corrected chi connectivity index (χ1v) is 14.6. The number of piperidine rings is 1. The minimum Gasteiger partial charge on any atom is -0.492 e. The molecule has 1 fully saturated rings. The van der Waals surface area contributed by atoms with E-state index < -0.39 is 6.10 Å². The predicted octanol–water partition coefficient (Wildman–Crippen LogP) is 5.01. The summed E-state index contributed by atoms with van der Waals surface area (Å²) in [6, 6.07) is 24.9. The van der Waals surface area contributed by atoms with Crippen molar-refractivity contribution in [2.24, 2.45) is 0 Å². The first kappa shape index (κ1) is 27.0. The summed E-state index contributed by atoms with van der Waals surface area (Å²) in [5.41, 5.74) is 3.36. The Kier molecular flexibility index (Phi) is 9.60. The number of β-amino-alcohol motifs (C(OH)–C–C–N with tert-alkyl or cyclic N) is 1. The highest BCUT2D eigenvalue weighted by Crippen LogP contribution is 2.47. The monoisotopic (exact) mass is 533 g/mol. The maximum absolute atomic E-state index is 11.2. The van der Waals surface area contributed by atoms with Crippen LogP contribution in [0, 0.1) is 0 Å². The summed E-state index contributed by atoms with van der Waals surface area (Å²) in [5, 5.41) is 21.0. The lowest BCUT2D eigenvalue weighted by Gasteiger charge is -2.35. The number of likely N-dealkylation sites (tertiary alicyclic amines) is 1. The van der Waals surface area contributed by atoms with Gasteiger partial charge in [0.25, 0.3) is 0 Å². The molecular formula is C31H39N3O3S. The summed E-state index contributed by atoms with van der Waals surface area (Å²) in [6.45, 7) is 6.15. The van der Waals surface area contributed by atoms with E-state index in [0.717, 1.165) is 29.2 Å². The topological polar surface area (TPSA) is 59.4 Å². The molecule has 2 aliphatic heterocycles. The van der Waals surface area contributed by atoms with E-state index in [-0.39, 0.29) is 6.61 Å². The van der Waals surface area contributed by atoms with Gasteiger partial charge in [0, 0.05) is 36.0 Å². The minimum atomic E-state index is -0.588. The van der Waals surface area contributed by atoms with Gasteiger partial charge in [-0.3, -0.25) is 9.80 Å². The van der Waals surface area contributed by atoms with Gasteiger partial charge in [0.05, 0.1) is 30.6 Å². The molecule has 0 unspecified atom stereocenters. The van der Waals surface area contributed by atoms with E-state index in [0.29, 0.717) is 32.8 Å². The third kappa shape index (κ3) is 7.10. The highest BCUT2D eigenvalue weighted by atomic mass is 32.2. The molecule has 3 aromatic rings. The van der Waals surface area contributed by atoms with Crippen LogP contribution in [0.15, 0.2) is 82.6 Å². The van der Waals surface area contributed by atoms with Gasteiger partial charge in [-0.2, -0.15) is 0 Å². The average Bonchev–Trinajstić information content (AvgIpc) is 2.94. The SMILES string of the molecule is OCCN(Cc1cccc(OCCN2CCCCC2)c1)C[C@@H](O)CN1c2ccccc2Sc2ccccc21. The Morgan fingerprint density at radius 1 is 0.895 bits per heavy atom. The molecule has 0 amide bonds. The number of nitrogens with zero attached hydrogens (tertiary/aromatic N) is 3. The molecule has 38 heavy (non-hydrogen) atoms. The molecule has 0 radical (unpaired) electrons. The molecular weight excluding hydrogens is 494 g/mol. The van der Waals surface area contributed by atoms with Crippen LogP contribution in [0.25, 0.3) is 0 Å². The third-order valence-corrected chi connectivity index (χ3v) is 8.37. The molecule has 202 valence electrons. The van der Waals surface area contributed by atoms with E-state index in [1.165, 1.54) is 42.1 Å². The van der Waals surface area contributed by atoms with Gasteiger partial charge in [0.1, 0.15) is 12.4 Å². The van der Waals surface area contributed by atoms with Gasteiger partial charge < -0.3 is 19.8 Å². The molecule has 2 N–H and O–H groups in total. The molecule has 7 heteroatoms. The number of rotatable bonds is 12. The molecule has 0 saturated carbocycles. The zero-order chi connectivity index (χ0) is 26.2. The molecule has 3 aromatic carbocycles. The molecule has 0 aromatic heterocycles. The van der Waals surface area contributed by atoms with Crippen LogP contribution in [0.3, 0.4) is 0 Å². The van der Waals surface area contributed by atoms with Crippen molar-refractivity contribution in [2.75, 3.05) is 57.4 Å². The number of hydrogen-bond acceptors (Lipinski definition) is 7. The van der Waals surface area contributed by atoms with Crippen molar-refractivity contribution in [3.8, 4) is 5.75 Å². The maximum Gasteiger partial charge on any atom is 0.119 e. The number of aliphatic hydroxyl groups excluding tert-OH is 2. The smallest absolute Gasteiger partial charge is 0.119 e. The quantitative estimate of drug-likeness (QED) is 0.339. The molecule has 5 rings (SSSR count). The van der Waals surface area contributed by atoms with Crippen LogP contribution >= 0.6 is 11.8 Å². The lowest BCUT2D eigenvalue weighted by atomic mass is 10.1. The molecule has 1 atom stereocenters. The molecule has 1 saturated heterocycles. The number of para-hydroxylation sites is 2. The summed E-state index contributed by atoms with van der Waals surface area (Å²) in [5.74, 6) is 0.878. The number of anilines is 2. The summed E-state index contributed by atoms with van der Waals surface area (Å²) >= 11 is 1.77. The van der Waals surface area contributed by atoms with E-state index in [1.807, 2.05) is 24.3 Å². The van der Waals surface area contributed by atoms with Gasteiger partial charge in [-0.25, -0.2) is 0 Å². The van der Waals surface area contributed by atoms with Crippen molar-refractivity contribution < 1.29 is 14.9 Å². The van der Waals surface area contributed by atoms with Crippen LogP contribution in [0.4, 0.5) is 11.4 Å². The largest absolute Gasteiger partial charge is 0.492 e. The van der Waals surface area contributed by atoms with Crippen molar-refractivity contribution in [3.05, 3.63) is 78.4 Å². The zero-order valence-electron chi connectivity index (χ0n) is 22.0. The molecule has 2 heterocycles. The lowest BCUT2D eigenvalue weighted by molar-refractivity contribution is 0.100. The second-order valence-corrected chi connectivity index (χ2v) is 11.2. The van der Waals surface area contributed by atoms with E-state index in [2.05, 4.69) is 63.2 Å². The summed E-state index contributed by atoms with van der Waals surface area (Å²) in [4.78, 5) is 9.22. The van der Waals surface area contributed by atoms with Crippen LogP contribution in [-0.2, 0) is 6.54 Å². The predicted molar refractivity (Wildman–Crippen MR) is 155 cm³/mol. The highest BCUT2D eigenvalue weighted by molar-refractivity contribution is 7.99. The molecule has 0 spiro atoms. The Balaban J connectivity index is 1.20. The first-order chi connectivity index (χ1) is 18.7. The number of ether oxygens (including phenoxy) is 1. The van der Waals surface area contributed by atoms with Crippen molar-refractivity contribution in [1.29, 1.82) is 0 Å². The second-order valence-electron chi connectivity index (χ2n) is 10.2. The number of fused-ring (bicyclic) bond motifs is 2. The maximum atomic E-state index is 11.2. The first-order valence-electron chi connectivity index (χ1n) is 13.8. The number of aliphatic hydroxyl groups is 2. The van der Waals surface area contributed by atoms with Crippen LogP contribution in [0.5, 0.6) is 5.75 Å². The Hall–Kier alpha value is -2.55.